The normalized spacial score (nSPS) is 12.6. The van der Waals surface area contributed by atoms with Crippen LogP contribution in [0.1, 0.15) is 17.3 Å². The Bertz CT molecular complexity index is 518. The summed E-state index contributed by atoms with van der Waals surface area (Å²) in [6, 6.07) is -1.04. The van der Waals surface area contributed by atoms with Crippen LogP contribution in [0.4, 0.5) is 0 Å². The number of carboxylic acid groups (broad SMARTS) is 1. The van der Waals surface area contributed by atoms with E-state index >= 15 is 0 Å². The Labute approximate surface area is 100 Å². The van der Waals surface area contributed by atoms with Crippen LogP contribution in [0.3, 0.4) is 0 Å². The maximum absolute atomic E-state index is 10.7. The van der Waals surface area contributed by atoms with Gasteiger partial charge in [-0.15, -0.1) is 11.3 Å². The molecule has 0 aliphatic carbocycles. The fourth-order valence-electron chi connectivity index (χ4n) is 1.26. The van der Waals surface area contributed by atoms with Crippen LogP contribution in [0.5, 0.6) is 0 Å². The lowest BCUT2D eigenvalue weighted by molar-refractivity contribution is -0.138. The van der Waals surface area contributed by atoms with Crippen molar-refractivity contribution in [1.29, 1.82) is 0 Å². The lowest BCUT2D eigenvalue weighted by Crippen LogP contribution is -2.20. The first-order valence-electron chi connectivity index (χ1n) is 4.56. The van der Waals surface area contributed by atoms with Crippen LogP contribution in [0, 0.1) is 6.92 Å². The largest absolute Gasteiger partial charge is 0.480 e. The average molecular weight is 254 g/mol. The molecule has 1 unspecified atom stereocenters. The number of thiophene rings is 1. The molecule has 1 atom stereocenters. The summed E-state index contributed by atoms with van der Waals surface area (Å²) in [4.78, 5) is 15.0. The predicted octanol–water partition coefficient (Wildman–Crippen LogP) is 2.26. The number of hydrogen-bond donors (Lipinski definition) is 2. The predicted molar refractivity (Wildman–Crippen MR) is 64.7 cm³/mol. The summed E-state index contributed by atoms with van der Waals surface area (Å²) in [7, 11) is 0. The maximum Gasteiger partial charge on any atom is 0.326 e. The summed E-state index contributed by atoms with van der Waals surface area (Å²) < 4.78 is 0. The van der Waals surface area contributed by atoms with Crippen molar-refractivity contribution in [3.63, 3.8) is 0 Å². The molecule has 2 rings (SSSR count). The topological polar surface area (TPSA) is 76.2 Å². The lowest BCUT2D eigenvalue weighted by atomic mass is 10.2. The van der Waals surface area contributed by atoms with Crippen molar-refractivity contribution in [2.75, 3.05) is 0 Å². The molecule has 2 aromatic rings. The summed E-state index contributed by atoms with van der Waals surface area (Å²) in [6.07, 6.45) is 0. The zero-order valence-electron chi connectivity index (χ0n) is 8.51. The van der Waals surface area contributed by atoms with Gasteiger partial charge < -0.3 is 10.8 Å². The Morgan fingerprint density at radius 2 is 2.25 bits per heavy atom. The Morgan fingerprint density at radius 3 is 2.81 bits per heavy atom. The number of carbonyl (C=O) groups is 1. The molecule has 2 aromatic heterocycles. The summed E-state index contributed by atoms with van der Waals surface area (Å²) in [5, 5.41) is 15.3. The van der Waals surface area contributed by atoms with E-state index in [0.717, 1.165) is 16.1 Å². The summed E-state index contributed by atoms with van der Waals surface area (Å²) in [6.45, 7) is 2.00. The summed E-state index contributed by atoms with van der Waals surface area (Å²) in [5.41, 5.74) is 8.11. The van der Waals surface area contributed by atoms with Crippen LogP contribution in [0.15, 0.2) is 16.1 Å². The van der Waals surface area contributed by atoms with Gasteiger partial charge in [-0.05, 0) is 17.9 Å². The Kier molecular flexibility index (Phi) is 3.04. The quantitative estimate of drug-likeness (QED) is 0.881. The Balaban J connectivity index is 2.33. The number of aryl methyl sites for hydroxylation is 1. The minimum atomic E-state index is -1.06. The van der Waals surface area contributed by atoms with Crippen molar-refractivity contribution in [1.82, 2.24) is 4.98 Å². The van der Waals surface area contributed by atoms with Crippen molar-refractivity contribution in [3.05, 3.63) is 27.4 Å². The average Bonchev–Trinajstić information content (AvgIpc) is 2.84. The van der Waals surface area contributed by atoms with Gasteiger partial charge in [-0.2, -0.15) is 11.3 Å². The molecule has 2 heterocycles. The number of rotatable bonds is 3. The molecule has 0 fully saturated rings. The third kappa shape index (κ3) is 1.99. The highest BCUT2D eigenvalue weighted by Crippen LogP contribution is 2.30. The highest BCUT2D eigenvalue weighted by molar-refractivity contribution is 7.14. The van der Waals surface area contributed by atoms with E-state index in [1.807, 2.05) is 17.7 Å². The van der Waals surface area contributed by atoms with E-state index in [9.17, 15) is 4.79 Å². The molecule has 0 radical (unpaired) electrons. The molecule has 0 aromatic carbocycles. The highest BCUT2D eigenvalue weighted by atomic mass is 32.1. The molecule has 3 N–H and O–H groups in total. The van der Waals surface area contributed by atoms with Crippen molar-refractivity contribution in [2.45, 2.75) is 13.0 Å². The van der Waals surface area contributed by atoms with Gasteiger partial charge in [0.25, 0.3) is 0 Å². The van der Waals surface area contributed by atoms with E-state index in [4.69, 9.17) is 10.8 Å². The first-order chi connectivity index (χ1) is 7.59. The van der Waals surface area contributed by atoms with Crippen LogP contribution >= 0.6 is 22.7 Å². The zero-order chi connectivity index (χ0) is 11.7. The molecule has 0 aliphatic rings. The first kappa shape index (κ1) is 11.3. The van der Waals surface area contributed by atoms with Gasteiger partial charge in [0.1, 0.15) is 11.0 Å². The number of carboxylic acids is 1. The van der Waals surface area contributed by atoms with Crippen LogP contribution < -0.4 is 5.73 Å². The van der Waals surface area contributed by atoms with Crippen LogP contribution in [0.25, 0.3) is 10.6 Å². The van der Waals surface area contributed by atoms with Crippen LogP contribution in [0.2, 0.25) is 0 Å². The second-order valence-corrected chi connectivity index (χ2v) is 4.96. The number of hydrogen-bond acceptors (Lipinski definition) is 5. The van der Waals surface area contributed by atoms with Gasteiger partial charge in [0.2, 0.25) is 0 Å². The van der Waals surface area contributed by atoms with E-state index in [1.165, 1.54) is 11.3 Å². The van der Waals surface area contributed by atoms with E-state index in [1.54, 1.807) is 16.7 Å². The molecule has 0 bridgehead atoms. The molecule has 0 saturated heterocycles. The smallest absolute Gasteiger partial charge is 0.326 e. The number of aliphatic carboxylic acids is 1. The molecule has 84 valence electrons. The van der Waals surface area contributed by atoms with Crippen molar-refractivity contribution >= 4 is 28.6 Å². The minimum Gasteiger partial charge on any atom is -0.480 e. The fourth-order valence-corrected chi connectivity index (χ4v) is 3.10. The molecule has 16 heavy (non-hydrogen) atoms. The monoisotopic (exact) mass is 254 g/mol. The number of nitrogens with two attached hydrogens (primary N) is 1. The zero-order valence-corrected chi connectivity index (χ0v) is 10.1. The van der Waals surface area contributed by atoms with Gasteiger partial charge in [0, 0.05) is 16.3 Å². The number of thiazole rings is 1. The summed E-state index contributed by atoms with van der Waals surface area (Å²) >= 11 is 3.02. The molecule has 0 saturated carbocycles. The molecule has 6 heteroatoms. The van der Waals surface area contributed by atoms with Crippen molar-refractivity contribution < 1.29 is 9.90 Å². The van der Waals surface area contributed by atoms with Crippen molar-refractivity contribution in [2.24, 2.45) is 5.73 Å². The molecule has 0 aliphatic heterocycles. The van der Waals surface area contributed by atoms with E-state index in [0.29, 0.717) is 5.69 Å². The van der Waals surface area contributed by atoms with E-state index in [-0.39, 0.29) is 0 Å². The molecule has 0 spiro atoms. The Hall–Kier alpha value is -1.24. The standard InChI is InChI=1S/C10H10N2O2S2/c1-5-2-15-3-6(5)9-12-7(4-16-9)8(11)10(13)14/h2-4,8H,11H2,1H3,(H,13,14). The van der Waals surface area contributed by atoms with Gasteiger partial charge in [-0.1, -0.05) is 0 Å². The van der Waals surface area contributed by atoms with E-state index in [2.05, 4.69) is 4.98 Å². The van der Waals surface area contributed by atoms with Gasteiger partial charge in [-0.25, -0.2) is 4.98 Å². The third-order valence-corrected chi connectivity index (χ3v) is 3.95. The Morgan fingerprint density at radius 1 is 1.50 bits per heavy atom. The first-order valence-corrected chi connectivity index (χ1v) is 6.39. The molecular weight excluding hydrogens is 244 g/mol. The second kappa shape index (κ2) is 4.32. The molecule has 0 amide bonds. The SMILES string of the molecule is Cc1cscc1-c1nc(C(N)C(=O)O)cs1. The second-order valence-electron chi connectivity index (χ2n) is 3.36. The van der Waals surface area contributed by atoms with Crippen molar-refractivity contribution in [3.8, 4) is 10.6 Å². The van der Waals surface area contributed by atoms with Gasteiger partial charge in [-0.3, -0.25) is 4.79 Å². The molecular formula is C10H10N2O2S2. The van der Waals surface area contributed by atoms with Crippen LogP contribution in [-0.2, 0) is 4.79 Å². The number of nitrogens with zero attached hydrogens (tertiary/aromatic N) is 1. The van der Waals surface area contributed by atoms with E-state index < -0.39 is 12.0 Å². The lowest BCUT2D eigenvalue weighted by Gasteiger charge is -2.00. The highest BCUT2D eigenvalue weighted by Gasteiger charge is 2.18. The van der Waals surface area contributed by atoms with Crippen LogP contribution in [-0.4, -0.2) is 16.1 Å². The molecule has 4 nitrogen and oxygen atoms in total. The summed E-state index contributed by atoms with van der Waals surface area (Å²) in [5.74, 6) is -1.06. The minimum absolute atomic E-state index is 0.415. The maximum atomic E-state index is 10.7. The third-order valence-electron chi connectivity index (χ3n) is 2.19. The fraction of sp³-hybridized carbons (Fsp3) is 0.200. The van der Waals surface area contributed by atoms with Gasteiger partial charge in [0.15, 0.2) is 0 Å². The number of aromatic nitrogens is 1. The van der Waals surface area contributed by atoms with Gasteiger partial charge >= 0.3 is 5.97 Å². The van der Waals surface area contributed by atoms with Gasteiger partial charge in [0.05, 0.1) is 5.69 Å².